The summed E-state index contributed by atoms with van der Waals surface area (Å²) in [7, 11) is -3.20. The molecule has 0 atom stereocenters. The van der Waals surface area contributed by atoms with Crippen LogP contribution in [0, 0.1) is 12.8 Å². The first-order valence-electron chi connectivity index (χ1n) is 7.81. The van der Waals surface area contributed by atoms with Crippen LogP contribution >= 0.6 is 0 Å². The maximum Gasteiger partial charge on any atom is 0.235 e. The van der Waals surface area contributed by atoms with Gasteiger partial charge in [-0.25, -0.2) is 8.42 Å². The highest BCUT2D eigenvalue weighted by Gasteiger charge is 2.28. The van der Waals surface area contributed by atoms with Crippen LogP contribution in [0.2, 0.25) is 0 Å². The van der Waals surface area contributed by atoms with Crippen molar-refractivity contribution in [2.24, 2.45) is 5.92 Å². The van der Waals surface area contributed by atoms with E-state index in [0.717, 1.165) is 18.4 Å². The highest BCUT2D eigenvalue weighted by molar-refractivity contribution is 7.93. The number of benzene rings is 1. The molecule has 122 valence electrons. The van der Waals surface area contributed by atoms with Crippen molar-refractivity contribution in [2.75, 3.05) is 21.9 Å². The molecular formula is C16H24N2O3S. The van der Waals surface area contributed by atoms with E-state index in [2.05, 4.69) is 5.32 Å². The van der Waals surface area contributed by atoms with Gasteiger partial charge in [-0.3, -0.25) is 9.10 Å². The van der Waals surface area contributed by atoms with Crippen LogP contribution in [0.15, 0.2) is 18.2 Å². The van der Waals surface area contributed by atoms with Gasteiger partial charge in [0, 0.05) is 18.2 Å². The van der Waals surface area contributed by atoms with E-state index in [-0.39, 0.29) is 17.6 Å². The third kappa shape index (κ3) is 3.43. The van der Waals surface area contributed by atoms with Crippen molar-refractivity contribution in [3.8, 4) is 0 Å². The van der Waals surface area contributed by atoms with Gasteiger partial charge < -0.3 is 5.32 Å². The number of nitrogens with one attached hydrogen (secondary N) is 1. The van der Waals surface area contributed by atoms with E-state index >= 15 is 0 Å². The molecule has 1 N–H and O–H groups in total. The molecule has 1 aromatic carbocycles. The fourth-order valence-corrected chi connectivity index (χ4v) is 4.28. The van der Waals surface area contributed by atoms with Gasteiger partial charge in [0.1, 0.15) is 0 Å². The molecule has 1 aromatic rings. The lowest BCUT2D eigenvalue weighted by atomic mass is 10.0. The molecule has 1 aliphatic heterocycles. The molecule has 0 aliphatic carbocycles. The van der Waals surface area contributed by atoms with Crippen LogP contribution in [0.3, 0.4) is 0 Å². The summed E-state index contributed by atoms with van der Waals surface area (Å²) in [6.07, 6.45) is 2.23. The number of sulfonamides is 1. The molecule has 2 rings (SSSR count). The van der Waals surface area contributed by atoms with E-state index in [0.29, 0.717) is 24.3 Å². The first-order valence-corrected chi connectivity index (χ1v) is 9.42. The highest BCUT2D eigenvalue weighted by atomic mass is 32.2. The molecule has 0 aromatic heterocycles. The van der Waals surface area contributed by atoms with Gasteiger partial charge >= 0.3 is 0 Å². The Hall–Kier alpha value is -1.56. The number of carbonyl (C=O) groups is 1. The molecule has 0 saturated carbocycles. The van der Waals surface area contributed by atoms with Crippen LogP contribution in [-0.4, -0.2) is 26.6 Å². The quantitative estimate of drug-likeness (QED) is 0.905. The van der Waals surface area contributed by atoms with Gasteiger partial charge in [-0.05, 0) is 43.9 Å². The van der Waals surface area contributed by atoms with Crippen LogP contribution < -0.4 is 9.62 Å². The zero-order valence-corrected chi connectivity index (χ0v) is 14.2. The van der Waals surface area contributed by atoms with Gasteiger partial charge in [-0.1, -0.05) is 19.9 Å². The van der Waals surface area contributed by atoms with Gasteiger partial charge in [0.2, 0.25) is 15.9 Å². The third-order valence-corrected chi connectivity index (χ3v) is 6.09. The molecule has 0 radical (unpaired) electrons. The third-order valence-electron chi connectivity index (χ3n) is 4.22. The fraction of sp³-hybridized carbons (Fsp3) is 0.562. The SMILES string of the molecule is CCC(CC)C(=O)Nc1cc(N2CCCS2(=O)=O)ccc1C. The number of nitrogens with zero attached hydrogens (tertiary/aromatic N) is 1. The van der Waals surface area contributed by atoms with Crippen molar-refractivity contribution in [2.45, 2.75) is 40.0 Å². The second-order valence-corrected chi connectivity index (χ2v) is 7.76. The van der Waals surface area contributed by atoms with Crippen molar-refractivity contribution in [1.82, 2.24) is 0 Å². The molecule has 0 bridgehead atoms. The van der Waals surface area contributed by atoms with Crippen molar-refractivity contribution >= 4 is 27.3 Å². The topological polar surface area (TPSA) is 66.5 Å². The Kier molecular flexibility index (Phi) is 5.11. The van der Waals surface area contributed by atoms with Gasteiger partial charge in [-0.15, -0.1) is 0 Å². The Balaban J connectivity index is 2.26. The van der Waals surface area contributed by atoms with Crippen LogP contribution in [0.5, 0.6) is 0 Å². The molecule has 1 amide bonds. The van der Waals surface area contributed by atoms with Crippen LogP contribution in [0.4, 0.5) is 11.4 Å². The van der Waals surface area contributed by atoms with Crippen LogP contribution in [0.1, 0.15) is 38.7 Å². The molecule has 0 spiro atoms. The van der Waals surface area contributed by atoms with E-state index in [1.165, 1.54) is 4.31 Å². The lowest BCUT2D eigenvalue weighted by molar-refractivity contribution is -0.120. The standard InChI is InChI=1S/C16H24N2O3S/c1-4-13(5-2)16(19)17-15-11-14(8-7-12(15)3)18-9-6-10-22(18,20)21/h7-8,11,13H,4-6,9-10H2,1-3H3,(H,17,19). The van der Waals surface area contributed by atoms with Gasteiger partial charge in [0.05, 0.1) is 11.4 Å². The Morgan fingerprint density at radius 1 is 1.32 bits per heavy atom. The first kappa shape index (κ1) is 16.8. The summed E-state index contributed by atoms with van der Waals surface area (Å²) in [6, 6.07) is 5.41. The molecule has 0 unspecified atom stereocenters. The average Bonchev–Trinajstić information content (AvgIpc) is 2.82. The predicted molar refractivity (Wildman–Crippen MR) is 89.6 cm³/mol. The zero-order chi connectivity index (χ0) is 16.3. The molecule has 5 nitrogen and oxygen atoms in total. The average molecular weight is 324 g/mol. The number of anilines is 2. The van der Waals surface area contributed by atoms with E-state index in [4.69, 9.17) is 0 Å². The van der Waals surface area contributed by atoms with Gasteiger partial charge in [0.25, 0.3) is 0 Å². The summed E-state index contributed by atoms with van der Waals surface area (Å²) >= 11 is 0. The Bertz CT molecular complexity index is 651. The fourth-order valence-electron chi connectivity index (χ4n) is 2.72. The second kappa shape index (κ2) is 6.69. The summed E-state index contributed by atoms with van der Waals surface area (Å²) in [6.45, 7) is 6.40. The van der Waals surface area contributed by atoms with E-state index in [1.807, 2.05) is 26.8 Å². The molecular weight excluding hydrogens is 300 g/mol. The van der Waals surface area contributed by atoms with E-state index in [1.54, 1.807) is 12.1 Å². The molecule has 1 fully saturated rings. The Morgan fingerprint density at radius 3 is 2.55 bits per heavy atom. The number of hydrogen-bond acceptors (Lipinski definition) is 3. The highest BCUT2D eigenvalue weighted by Crippen LogP contribution is 2.29. The number of carbonyl (C=O) groups excluding carboxylic acids is 1. The minimum atomic E-state index is -3.20. The normalized spacial score (nSPS) is 17.0. The smallest absolute Gasteiger partial charge is 0.235 e. The largest absolute Gasteiger partial charge is 0.326 e. The molecule has 1 heterocycles. The molecule has 22 heavy (non-hydrogen) atoms. The predicted octanol–water partition coefficient (Wildman–Crippen LogP) is 2.91. The molecule has 6 heteroatoms. The summed E-state index contributed by atoms with van der Waals surface area (Å²) in [4.78, 5) is 12.2. The number of hydrogen-bond donors (Lipinski definition) is 1. The summed E-state index contributed by atoms with van der Waals surface area (Å²) < 4.78 is 25.5. The Labute approximate surface area is 132 Å². The first-order chi connectivity index (χ1) is 10.4. The molecule has 1 aliphatic rings. The van der Waals surface area contributed by atoms with Gasteiger partial charge in [-0.2, -0.15) is 0 Å². The van der Waals surface area contributed by atoms with Crippen molar-refractivity contribution in [3.05, 3.63) is 23.8 Å². The van der Waals surface area contributed by atoms with Gasteiger partial charge in [0.15, 0.2) is 0 Å². The van der Waals surface area contributed by atoms with E-state index < -0.39 is 10.0 Å². The van der Waals surface area contributed by atoms with Crippen molar-refractivity contribution in [3.63, 3.8) is 0 Å². The summed E-state index contributed by atoms with van der Waals surface area (Å²) in [5.74, 6) is 0.171. The number of aryl methyl sites for hydroxylation is 1. The lowest BCUT2D eigenvalue weighted by Crippen LogP contribution is -2.26. The zero-order valence-electron chi connectivity index (χ0n) is 13.4. The summed E-state index contributed by atoms with van der Waals surface area (Å²) in [5, 5.41) is 2.94. The maximum atomic E-state index is 12.2. The minimum Gasteiger partial charge on any atom is -0.326 e. The summed E-state index contributed by atoms with van der Waals surface area (Å²) in [5.41, 5.74) is 2.25. The minimum absolute atomic E-state index is 0.00507. The number of rotatable bonds is 5. The van der Waals surface area contributed by atoms with Crippen LogP contribution in [-0.2, 0) is 14.8 Å². The van der Waals surface area contributed by atoms with Crippen molar-refractivity contribution in [1.29, 1.82) is 0 Å². The van der Waals surface area contributed by atoms with Crippen molar-refractivity contribution < 1.29 is 13.2 Å². The van der Waals surface area contributed by atoms with E-state index in [9.17, 15) is 13.2 Å². The monoisotopic (exact) mass is 324 g/mol. The number of amides is 1. The lowest BCUT2D eigenvalue weighted by Gasteiger charge is -2.20. The maximum absolute atomic E-state index is 12.2. The molecule has 1 saturated heterocycles. The second-order valence-electron chi connectivity index (χ2n) is 5.74. The Morgan fingerprint density at radius 2 is 2.00 bits per heavy atom. The van der Waals surface area contributed by atoms with Crippen LogP contribution in [0.25, 0.3) is 0 Å².